The smallest absolute Gasteiger partial charge is 0.279 e. The number of carbonyl (C=O) groups is 3. The zero-order chi connectivity index (χ0) is 24.1. The first-order valence-electron chi connectivity index (χ1n) is 11.4. The van der Waals surface area contributed by atoms with E-state index >= 15 is 0 Å². The molecule has 0 aromatic rings. The van der Waals surface area contributed by atoms with Gasteiger partial charge in [-0.05, 0) is 53.9 Å². The molecule has 10 nitrogen and oxygen atoms in total. The van der Waals surface area contributed by atoms with Crippen LogP contribution < -0.4 is 5.73 Å². The highest BCUT2D eigenvalue weighted by Crippen LogP contribution is 2.39. The van der Waals surface area contributed by atoms with Gasteiger partial charge in [0.05, 0.1) is 44.6 Å². The van der Waals surface area contributed by atoms with Crippen molar-refractivity contribution in [3.8, 4) is 0 Å². The average Bonchev–Trinajstić information content (AvgIpc) is 3.01. The molecular weight excluding hydrogens is 418 g/mol. The molecule has 0 bridgehead atoms. The normalized spacial score (nSPS) is 25.2. The molecule has 0 aromatic carbocycles. The first-order valence-corrected chi connectivity index (χ1v) is 11.4. The molecule has 10 heteroatoms. The highest BCUT2D eigenvalue weighted by molar-refractivity contribution is 6.04. The molecule has 0 aliphatic carbocycles. The van der Waals surface area contributed by atoms with E-state index in [2.05, 4.69) is 0 Å². The minimum absolute atomic E-state index is 0.111. The third kappa shape index (κ3) is 6.63. The van der Waals surface area contributed by atoms with Crippen molar-refractivity contribution in [2.24, 2.45) is 5.73 Å². The van der Waals surface area contributed by atoms with Crippen molar-refractivity contribution >= 4 is 17.7 Å². The zero-order valence-electron chi connectivity index (χ0n) is 20.0. The van der Waals surface area contributed by atoms with Crippen LogP contribution in [0.1, 0.15) is 60.3 Å². The van der Waals surface area contributed by atoms with Gasteiger partial charge in [0.15, 0.2) is 0 Å². The van der Waals surface area contributed by atoms with Gasteiger partial charge < -0.3 is 30.0 Å². The van der Waals surface area contributed by atoms with Crippen molar-refractivity contribution in [2.75, 3.05) is 33.0 Å². The molecule has 4 atom stereocenters. The van der Waals surface area contributed by atoms with Crippen LogP contribution in [-0.4, -0.2) is 95.1 Å². The Morgan fingerprint density at radius 2 is 2.00 bits per heavy atom. The van der Waals surface area contributed by atoms with Crippen LogP contribution in [0.5, 0.6) is 0 Å². The molecule has 0 aromatic heterocycles. The van der Waals surface area contributed by atoms with Gasteiger partial charge in [0, 0.05) is 12.6 Å². The Kier molecular flexibility index (Phi) is 9.04. The molecule has 2 aliphatic heterocycles. The lowest BCUT2D eigenvalue weighted by Gasteiger charge is -2.28. The van der Waals surface area contributed by atoms with Gasteiger partial charge in [-0.3, -0.25) is 19.3 Å². The zero-order valence-corrected chi connectivity index (χ0v) is 20.0. The second-order valence-corrected chi connectivity index (χ2v) is 9.44. The van der Waals surface area contributed by atoms with E-state index in [1.54, 1.807) is 18.7 Å². The van der Waals surface area contributed by atoms with Crippen LogP contribution >= 0.6 is 0 Å². The number of carbonyl (C=O) groups excluding carboxylic acids is 3. The number of primary amides is 1. The van der Waals surface area contributed by atoms with E-state index in [4.69, 9.17) is 19.9 Å². The number of nitrogens with two attached hydrogens (primary N) is 1. The topological polar surface area (TPSA) is 131 Å². The van der Waals surface area contributed by atoms with E-state index in [0.717, 1.165) is 12.8 Å². The standard InChI is InChI=1S/C22H39N3O7/c1-15-7-6-9-24(15)19(28)17(14-26)25-20(29)22(25,5)32-10-8-21(3,4)31-12-11-30-16(2)13-18(23)27/h15-17,26H,6-14H2,1-5H3,(H2,23,27). The van der Waals surface area contributed by atoms with E-state index in [-0.39, 0.29) is 37.0 Å². The van der Waals surface area contributed by atoms with Crippen molar-refractivity contribution in [3.63, 3.8) is 0 Å². The molecule has 3 amide bonds. The second-order valence-electron chi connectivity index (χ2n) is 9.44. The van der Waals surface area contributed by atoms with E-state index in [1.165, 1.54) is 4.90 Å². The Morgan fingerprint density at radius 3 is 2.56 bits per heavy atom. The number of aliphatic hydroxyl groups is 1. The Morgan fingerprint density at radius 1 is 1.31 bits per heavy atom. The van der Waals surface area contributed by atoms with Crippen LogP contribution in [0, 0.1) is 0 Å². The van der Waals surface area contributed by atoms with Crippen LogP contribution in [0.2, 0.25) is 0 Å². The maximum absolute atomic E-state index is 12.8. The highest BCUT2D eigenvalue weighted by Gasteiger charge is 2.65. The minimum atomic E-state index is -1.21. The molecule has 32 heavy (non-hydrogen) atoms. The van der Waals surface area contributed by atoms with E-state index in [1.807, 2.05) is 20.8 Å². The number of hydrogen-bond acceptors (Lipinski definition) is 7. The summed E-state index contributed by atoms with van der Waals surface area (Å²) in [6.45, 7) is 10.3. The van der Waals surface area contributed by atoms with Crippen molar-refractivity contribution < 1.29 is 33.7 Å². The molecule has 184 valence electrons. The van der Waals surface area contributed by atoms with Gasteiger partial charge in [-0.2, -0.15) is 0 Å². The van der Waals surface area contributed by atoms with E-state index in [0.29, 0.717) is 26.2 Å². The van der Waals surface area contributed by atoms with Crippen LogP contribution in [0.4, 0.5) is 0 Å². The lowest BCUT2D eigenvalue weighted by Crippen LogP contribution is -2.48. The maximum atomic E-state index is 12.8. The molecule has 2 heterocycles. The summed E-state index contributed by atoms with van der Waals surface area (Å²) in [5.41, 5.74) is 3.40. The highest BCUT2D eigenvalue weighted by atomic mass is 16.6. The number of aliphatic hydroxyl groups excluding tert-OH is 1. The first-order chi connectivity index (χ1) is 14.9. The molecule has 0 spiro atoms. The van der Waals surface area contributed by atoms with Crippen molar-refractivity contribution in [3.05, 3.63) is 0 Å². The summed E-state index contributed by atoms with van der Waals surface area (Å²) in [7, 11) is 0. The molecule has 2 fully saturated rings. The Hall–Kier alpha value is -1.75. The molecule has 2 rings (SSSR count). The largest absolute Gasteiger partial charge is 0.394 e. The summed E-state index contributed by atoms with van der Waals surface area (Å²) in [6, 6.07) is -0.809. The fourth-order valence-corrected chi connectivity index (χ4v) is 4.08. The molecule has 4 unspecified atom stereocenters. The van der Waals surface area contributed by atoms with E-state index in [9.17, 15) is 19.5 Å². The van der Waals surface area contributed by atoms with Gasteiger partial charge in [-0.25, -0.2) is 0 Å². The summed E-state index contributed by atoms with van der Waals surface area (Å²) in [4.78, 5) is 39.3. The fraction of sp³-hybridized carbons (Fsp3) is 0.864. The number of likely N-dealkylation sites (tertiary alicyclic amines) is 1. The van der Waals surface area contributed by atoms with Gasteiger partial charge >= 0.3 is 0 Å². The fourth-order valence-electron chi connectivity index (χ4n) is 4.08. The minimum Gasteiger partial charge on any atom is -0.394 e. The SMILES string of the molecule is CC(CC(N)=O)OCCOC(C)(C)CCOC1(C)C(=O)N1C(CO)C(=O)N1CCCC1C. The van der Waals surface area contributed by atoms with Crippen molar-refractivity contribution in [2.45, 2.75) is 89.8 Å². The molecule has 2 aliphatic rings. The summed E-state index contributed by atoms with van der Waals surface area (Å²) in [6.07, 6.45) is 2.27. The molecule has 0 saturated carbocycles. The quantitative estimate of drug-likeness (QED) is 0.285. The summed E-state index contributed by atoms with van der Waals surface area (Å²) < 4.78 is 17.2. The van der Waals surface area contributed by atoms with Gasteiger partial charge in [0.1, 0.15) is 6.04 Å². The van der Waals surface area contributed by atoms with E-state index < -0.39 is 29.9 Å². The molecule has 2 saturated heterocycles. The van der Waals surface area contributed by atoms with Crippen LogP contribution in [-0.2, 0) is 28.6 Å². The maximum Gasteiger partial charge on any atom is 0.279 e. The van der Waals surface area contributed by atoms with Crippen LogP contribution in [0.3, 0.4) is 0 Å². The Balaban J connectivity index is 1.77. The predicted molar refractivity (Wildman–Crippen MR) is 116 cm³/mol. The second kappa shape index (κ2) is 10.9. The van der Waals surface area contributed by atoms with Gasteiger partial charge in [0.25, 0.3) is 5.91 Å². The number of hydrogen-bond donors (Lipinski definition) is 2. The number of nitrogens with zero attached hydrogens (tertiary/aromatic N) is 2. The predicted octanol–water partition coefficient (Wildman–Crippen LogP) is 0.399. The Bertz CT molecular complexity index is 686. The number of ether oxygens (including phenoxy) is 3. The molecular formula is C22H39N3O7. The van der Waals surface area contributed by atoms with Crippen LogP contribution in [0.25, 0.3) is 0 Å². The summed E-state index contributed by atoms with van der Waals surface area (Å²) in [5.74, 6) is -0.937. The Labute approximate surface area is 190 Å². The number of amides is 3. The van der Waals surface area contributed by atoms with Gasteiger partial charge in [0.2, 0.25) is 17.5 Å². The number of rotatable bonds is 14. The molecule has 3 N–H and O–H groups in total. The monoisotopic (exact) mass is 457 g/mol. The lowest BCUT2D eigenvalue weighted by atomic mass is 10.1. The van der Waals surface area contributed by atoms with Crippen molar-refractivity contribution in [1.82, 2.24) is 9.80 Å². The third-order valence-electron chi connectivity index (χ3n) is 6.19. The van der Waals surface area contributed by atoms with Crippen LogP contribution in [0.15, 0.2) is 0 Å². The van der Waals surface area contributed by atoms with Gasteiger partial charge in [-0.1, -0.05) is 0 Å². The van der Waals surface area contributed by atoms with Gasteiger partial charge in [-0.15, -0.1) is 0 Å². The molecule has 0 radical (unpaired) electrons. The summed E-state index contributed by atoms with van der Waals surface area (Å²) in [5, 5.41) is 9.81. The lowest BCUT2D eigenvalue weighted by molar-refractivity contribution is -0.140. The first kappa shape index (κ1) is 26.5. The third-order valence-corrected chi connectivity index (χ3v) is 6.19. The van der Waals surface area contributed by atoms with Crippen molar-refractivity contribution in [1.29, 1.82) is 0 Å². The summed E-state index contributed by atoms with van der Waals surface area (Å²) >= 11 is 0. The average molecular weight is 458 g/mol.